The molecule has 0 aliphatic rings. The average molecular weight is 391 g/mol. The third kappa shape index (κ3) is 3.33. The molecule has 0 saturated carbocycles. The highest BCUT2D eigenvalue weighted by Gasteiger charge is 2.31. The van der Waals surface area contributed by atoms with Crippen molar-refractivity contribution in [1.82, 2.24) is 4.98 Å². The molecule has 3 rings (SSSR count). The van der Waals surface area contributed by atoms with Crippen molar-refractivity contribution in [3.8, 4) is 0 Å². The van der Waals surface area contributed by atoms with E-state index in [1.54, 1.807) is 12.1 Å². The van der Waals surface area contributed by atoms with E-state index in [1.807, 2.05) is 0 Å². The summed E-state index contributed by atoms with van der Waals surface area (Å²) < 4.78 is 38.7. The molecule has 1 heterocycles. The first-order chi connectivity index (χ1) is 11.3. The fourth-order valence-electron chi connectivity index (χ4n) is 2.00. The Hall–Kier alpha value is -1.83. The van der Waals surface area contributed by atoms with E-state index in [2.05, 4.69) is 10.3 Å². The topological polar surface area (TPSA) is 42.0 Å². The Bertz CT molecular complexity index is 901. The van der Waals surface area contributed by atoms with Crippen LogP contribution in [0.15, 0.2) is 36.4 Å². The molecule has 3 aromatic rings. The van der Waals surface area contributed by atoms with Gasteiger partial charge in [-0.25, -0.2) is 4.98 Å². The molecule has 0 aliphatic carbocycles. The number of hydrogen-bond donors (Lipinski definition) is 1. The van der Waals surface area contributed by atoms with Crippen molar-refractivity contribution in [2.75, 3.05) is 5.32 Å². The van der Waals surface area contributed by atoms with Crippen molar-refractivity contribution in [3.63, 3.8) is 0 Å². The molecule has 0 saturated heterocycles. The molecule has 0 bridgehead atoms. The number of aromatic nitrogens is 1. The molecule has 0 radical (unpaired) electrons. The van der Waals surface area contributed by atoms with Crippen molar-refractivity contribution in [2.45, 2.75) is 6.18 Å². The largest absolute Gasteiger partial charge is 0.416 e. The summed E-state index contributed by atoms with van der Waals surface area (Å²) in [6, 6.07) is 7.31. The molecule has 0 aliphatic heterocycles. The van der Waals surface area contributed by atoms with Gasteiger partial charge in [0.15, 0.2) is 5.13 Å². The summed E-state index contributed by atoms with van der Waals surface area (Å²) in [5, 5.41) is 3.45. The van der Waals surface area contributed by atoms with Crippen LogP contribution in [0.4, 0.5) is 18.3 Å². The van der Waals surface area contributed by atoms with Crippen LogP contribution < -0.4 is 5.32 Å². The summed E-state index contributed by atoms with van der Waals surface area (Å²) in [6.07, 6.45) is -4.52. The lowest BCUT2D eigenvalue weighted by Crippen LogP contribution is -2.13. The average Bonchev–Trinajstić information content (AvgIpc) is 2.95. The molecule has 124 valence electrons. The zero-order chi connectivity index (χ0) is 17.5. The maximum absolute atomic E-state index is 12.7. The van der Waals surface area contributed by atoms with Gasteiger partial charge in [-0.05, 0) is 30.3 Å². The minimum Gasteiger partial charge on any atom is -0.298 e. The highest BCUT2D eigenvalue weighted by Crippen LogP contribution is 2.36. The molecule has 1 amide bonds. The molecule has 0 unspecified atom stereocenters. The Balaban J connectivity index is 1.90. The van der Waals surface area contributed by atoms with E-state index in [4.69, 9.17) is 23.2 Å². The second-order valence-electron chi connectivity index (χ2n) is 4.76. The van der Waals surface area contributed by atoms with Crippen LogP contribution in [0.1, 0.15) is 15.9 Å². The van der Waals surface area contributed by atoms with Gasteiger partial charge in [-0.15, -0.1) is 0 Å². The third-order valence-corrected chi connectivity index (χ3v) is 4.85. The number of rotatable bonds is 2. The molecule has 1 aromatic heterocycles. The zero-order valence-corrected chi connectivity index (χ0v) is 13.9. The van der Waals surface area contributed by atoms with E-state index in [-0.39, 0.29) is 10.7 Å². The second kappa shape index (κ2) is 6.23. The van der Waals surface area contributed by atoms with Crippen LogP contribution in [-0.2, 0) is 6.18 Å². The number of halogens is 5. The predicted octanol–water partition coefficient (Wildman–Crippen LogP) is 5.87. The Labute approximate surface area is 148 Å². The fourth-order valence-corrected chi connectivity index (χ4v) is 3.42. The summed E-state index contributed by atoms with van der Waals surface area (Å²) in [5.74, 6) is -0.701. The quantitative estimate of drug-likeness (QED) is 0.593. The van der Waals surface area contributed by atoms with Gasteiger partial charge < -0.3 is 0 Å². The van der Waals surface area contributed by atoms with E-state index < -0.39 is 17.6 Å². The molecular formula is C15H7Cl2F3N2OS. The smallest absolute Gasteiger partial charge is 0.298 e. The monoisotopic (exact) mass is 390 g/mol. The third-order valence-electron chi connectivity index (χ3n) is 3.12. The van der Waals surface area contributed by atoms with Gasteiger partial charge in [0.25, 0.3) is 5.91 Å². The zero-order valence-electron chi connectivity index (χ0n) is 11.6. The first-order valence-electron chi connectivity index (χ1n) is 6.49. The summed E-state index contributed by atoms with van der Waals surface area (Å²) in [7, 11) is 0. The van der Waals surface area contributed by atoms with Crippen molar-refractivity contribution in [1.29, 1.82) is 0 Å². The first kappa shape index (κ1) is 17.0. The van der Waals surface area contributed by atoms with Crippen LogP contribution in [0.2, 0.25) is 10.0 Å². The molecule has 0 atom stereocenters. The number of thiazole rings is 1. The number of alkyl halides is 3. The van der Waals surface area contributed by atoms with Gasteiger partial charge >= 0.3 is 6.18 Å². The molecule has 0 spiro atoms. The maximum atomic E-state index is 12.7. The van der Waals surface area contributed by atoms with E-state index >= 15 is 0 Å². The van der Waals surface area contributed by atoms with Crippen LogP contribution in [0.3, 0.4) is 0 Å². The Morgan fingerprint density at radius 2 is 1.83 bits per heavy atom. The standard InChI is InChI=1S/C15H7Cl2F3N2OS/c16-9-4-5-10(17)12-11(9)21-14(24-12)22-13(23)7-2-1-3-8(6-7)15(18,19)20/h1-6H,(H,21,22,23). The molecule has 2 aromatic carbocycles. The van der Waals surface area contributed by atoms with E-state index in [0.29, 0.717) is 20.3 Å². The molecule has 1 N–H and O–H groups in total. The van der Waals surface area contributed by atoms with Gasteiger partial charge in [-0.1, -0.05) is 40.6 Å². The Morgan fingerprint density at radius 3 is 2.50 bits per heavy atom. The number of nitrogens with zero attached hydrogens (tertiary/aromatic N) is 1. The predicted molar refractivity (Wildman–Crippen MR) is 89.0 cm³/mol. The molecular weight excluding hydrogens is 384 g/mol. The van der Waals surface area contributed by atoms with Gasteiger partial charge in [-0.2, -0.15) is 13.2 Å². The minimum absolute atomic E-state index is 0.124. The highest BCUT2D eigenvalue weighted by molar-refractivity contribution is 7.23. The van der Waals surface area contributed by atoms with Crippen molar-refractivity contribution >= 4 is 55.8 Å². The number of hydrogen-bond acceptors (Lipinski definition) is 3. The number of carbonyl (C=O) groups excluding carboxylic acids is 1. The number of amides is 1. The van der Waals surface area contributed by atoms with Crippen molar-refractivity contribution in [3.05, 3.63) is 57.6 Å². The van der Waals surface area contributed by atoms with Gasteiger partial charge in [0, 0.05) is 5.56 Å². The fraction of sp³-hybridized carbons (Fsp3) is 0.0667. The lowest BCUT2D eigenvalue weighted by Gasteiger charge is -2.08. The Kier molecular flexibility index (Phi) is 4.42. The molecule has 3 nitrogen and oxygen atoms in total. The summed E-state index contributed by atoms with van der Waals surface area (Å²) in [4.78, 5) is 16.3. The van der Waals surface area contributed by atoms with Gasteiger partial charge in [0.2, 0.25) is 0 Å². The highest BCUT2D eigenvalue weighted by atomic mass is 35.5. The van der Waals surface area contributed by atoms with Crippen molar-refractivity contribution < 1.29 is 18.0 Å². The summed E-state index contributed by atoms with van der Waals surface area (Å²) in [5.41, 5.74) is -0.597. The van der Waals surface area contributed by atoms with Crippen LogP contribution >= 0.6 is 34.5 Å². The SMILES string of the molecule is O=C(Nc1nc2c(Cl)ccc(Cl)c2s1)c1cccc(C(F)(F)F)c1. The Morgan fingerprint density at radius 1 is 1.12 bits per heavy atom. The number of fused-ring (bicyclic) bond motifs is 1. The molecule has 9 heteroatoms. The maximum Gasteiger partial charge on any atom is 0.416 e. The van der Waals surface area contributed by atoms with Gasteiger partial charge in [-0.3, -0.25) is 10.1 Å². The number of nitrogens with one attached hydrogen (secondary N) is 1. The van der Waals surface area contributed by atoms with Crippen LogP contribution in [0.5, 0.6) is 0 Å². The van der Waals surface area contributed by atoms with Crippen molar-refractivity contribution in [2.24, 2.45) is 0 Å². The second-order valence-corrected chi connectivity index (χ2v) is 6.57. The normalized spacial score (nSPS) is 11.7. The molecule has 0 fully saturated rings. The first-order valence-corrected chi connectivity index (χ1v) is 8.06. The minimum atomic E-state index is -4.52. The van der Waals surface area contributed by atoms with Crippen LogP contribution in [0, 0.1) is 0 Å². The number of anilines is 1. The van der Waals surface area contributed by atoms with E-state index in [1.165, 1.54) is 12.1 Å². The van der Waals surface area contributed by atoms with Gasteiger partial charge in [0.05, 0.1) is 20.3 Å². The lowest BCUT2D eigenvalue weighted by molar-refractivity contribution is -0.137. The van der Waals surface area contributed by atoms with E-state index in [9.17, 15) is 18.0 Å². The lowest BCUT2D eigenvalue weighted by atomic mass is 10.1. The van der Waals surface area contributed by atoms with Gasteiger partial charge in [0.1, 0.15) is 5.52 Å². The number of carbonyl (C=O) groups is 1. The van der Waals surface area contributed by atoms with E-state index in [0.717, 1.165) is 23.5 Å². The summed E-state index contributed by atoms with van der Waals surface area (Å²) >= 11 is 13.1. The summed E-state index contributed by atoms with van der Waals surface area (Å²) in [6.45, 7) is 0. The number of benzene rings is 2. The van der Waals surface area contributed by atoms with Crippen LogP contribution in [0.25, 0.3) is 10.2 Å². The van der Waals surface area contributed by atoms with Crippen LogP contribution in [-0.4, -0.2) is 10.9 Å². The molecule has 24 heavy (non-hydrogen) atoms.